The van der Waals surface area contributed by atoms with Crippen molar-refractivity contribution in [1.29, 1.82) is 0 Å². The summed E-state index contributed by atoms with van der Waals surface area (Å²) in [6.45, 7) is 2.44. The summed E-state index contributed by atoms with van der Waals surface area (Å²) in [7, 11) is 0. The number of aliphatic hydroxyl groups is 1. The molecule has 1 amide bonds. The predicted molar refractivity (Wildman–Crippen MR) is 187 cm³/mol. The Kier molecular flexibility index (Phi) is 10.7. The van der Waals surface area contributed by atoms with E-state index in [2.05, 4.69) is 12.2 Å². The molecular formula is C40H37NO6S. The summed E-state index contributed by atoms with van der Waals surface area (Å²) >= 11 is 1.47. The molecule has 1 saturated heterocycles. The SMILES string of the molecule is C[C@@H]1[C@H](CSc2ccccc2C(=O)O)O[C@H](c2ccc(-c3ccccc3CNC(=O)c3ccccc3)cc2)O[C@@H]1c1ccc(CO)cc1. The molecular weight excluding hydrogens is 623 g/mol. The lowest BCUT2D eigenvalue weighted by molar-refractivity contribution is -0.268. The number of benzene rings is 5. The largest absolute Gasteiger partial charge is 0.478 e. The predicted octanol–water partition coefficient (Wildman–Crippen LogP) is 8.06. The van der Waals surface area contributed by atoms with Crippen molar-refractivity contribution in [3.8, 4) is 11.1 Å². The molecule has 1 heterocycles. The van der Waals surface area contributed by atoms with Crippen molar-refractivity contribution in [2.45, 2.75) is 43.5 Å². The van der Waals surface area contributed by atoms with Gasteiger partial charge in [0.1, 0.15) is 0 Å². The molecule has 244 valence electrons. The van der Waals surface area contributed by atoms with Gasteiger partial charge in [-0.05, 0) is 52.1 Å². The monoisotopic (exact) mass is 659 g/mol. The van der Waals surface area contributed by atoms with Gasteiger partial charge in [0.2, 0.25) is 0 Å². The van der Waals surface area contributed by atoms with Gasteiger partial charge in [0.05, 0.1) is 24.4 Å². The van der Waals surface area contributed by atoms with Gasteiger partial charge in [-0.25, -0.2) is 4.79 Å². The smallest absolute Gasteiger partial charge is 0.336 e. The summed E-state index contributed by atoms with van der Waals surface area (Å²) < 4.78 is 13.2. The number of carbonyl (C=O) groups excluding carboxylic acids is 1. The zero-order chi connectivity index (χ0) is 33.5. The lowest BCUT2D eigenvalue weighted by Crippen LogP contribution is -2.38. The van der Waals surface area contributed by atoms with E-state index >= 15 is 0 Å². The molecule has 0 radical (unpaired) electrons. The fourth-order valence-corrected chi connectivity index (χ4v) is 7.11. The first-order chi connectivity index (χ1) is 23.4. The third kappa shape index (κ3) is 7.69. The van der Waals surface area contributed by atoms with Crippen LogP contribution in [-0.4, -0.2) is 33.9 Å². The van der Waals surface area contributed by atoms with Gasteiger partial charge >= 0.3 is 5.97 Å². The minimum absolute atomic E-state index is 0.0375. The molecule has 0 aliphatic carbocycles. The Hall–Kier alpha value is -4.73. The third-order valence-electron chi connectivity index (χ3n) is 8.63. The molecule has 1 aliphatic heterocycles. The summed E-state index contributed by atoms with van der Waals surface area (Å²) in [6.07, 6.45) is -1.18. The maximum absolute atomic E-state index is 12.7. The quantitative estimate of drug-likeness (QED) is 0.123. The van der Waals surface area contributed by atoms with E-state index in [0.29, 0.717) is 22.8 Å². The summed E-state index contributed by atoms with van der Waals surface area (Å²) in [4.78, 5) is 25.2. The molecule has 0 unspecified atom stereocenters. The van der Waals surface area contributed by atoms with Crippen LogP contribution in [0.4, 0.5) is 0 Å². The van der Waals surface area contributed by atoms with Gasteiger partial charge in [0, 0.05) is 34.2 Å². The molecule has 5 aromatic carbocycles. The Labute approximate surface area is 284 Å². The van der Waals surface area contributed by atoms with E-state index in [1.54, 1.807) is 24.3 Å². The summed E-state index contributed by atoms with van der Waals surface area (Å²) in [6, 6.07) is 40.0. The minimum atomic E-state index is -0.959. The Morgan fingerprint density at radius 1 is 0.771 bits per heavy atom. The summed E-state index contributed by atoms with van der Waals surface area (Å²) in [5.41, 5.74) is 6.57. The van der Waals surface area contributed by atoms with E-state index in [4.69, 9.17) is 9.47 Å². The number of rotatable bonds is 11. The molecule has 6 rings (SSSR count). The highest BCUT2D eigenvalue weighted by Crippen LogP contribution is 2.43. The standard InChI is InChI=1S/C40H37NO6S/c1-26-35(25-48-36-14-8-7-13-34(36)39(44)45)46-40(47-37(26)29-17-15-27(24-42)16-18-29)31-21-19-28(20-22-31)33-12-6-5-11-32(33)23-41-38(43)30-9-3-2-4-10-30/h2-22,26,35,37,40,42H,23-25H2,1H3,(H,41,43)(H,44,45)/t26-,35+,37+,40+/m1/s1. The number of aliphatic hydroxyl groups excluding tert-OH is 1. The van der Waals surface area contributed by atoms with Crippen LogP contribution in [0, 0.1) is 5.92 Å². The van der Waals surface area contributed by atoms with Crippen LogP contribution in [-0.2, 0) is 22.6 Å². The second kappa shape index (κ2) is 15.4. The first-order valence-electron chi connectivity index (χ1n) is 15.9. The fourth-order valence-electron chi connectivity index (χ4n) is 5.89. The number of hydrogen-bond donors (Lipinski definition) is 3. The number of amides is 1. The van der Waals surface area contributed by atoms with Crippen LogP contribution in [0.5, 0.6) is 0 Å². The number of carbonyl (C=O) groups is 2. The van der Waals surface area contributed by atoms with Gasteiger partial charge in [0.15, 0.2) is 6.29 Å². The van der Waals surface area contributed by atoms with E-state index in [0.717, 1.165) is 33.4 Å². The molecule has 1 fully saturated rings. The summed E-state index contributed by atoms with van der Waals surface area (Å²) in [5.74, 6) is -0.584. The average molecular weight is 660 g/mol. The topological polar surface area (TPSA) is 105 Å². The van der Waals surface area contributed by atoms with Crippen molar-refractivity contribution in [2.24, 2.45) is 5.92 Å². The van der Waals surface area contributed by atoms with Gasteiger partial charge < -0.3 is 25.0 Å². The zero-order valence-electron chi connectivity index (χ0n) is 26.5. The van der Waals surface area contributed by atoms with Crippen LogP contribution in [0.1, 0.15) is 62.3 Å². The molecule has 48 heavy (non-hydrogen) atoms. The first-order valence-corrected chi connectivity index (χ1v) is 16.9. The van der Waals surface area contributed by atoms with Gasteiger partial charge in [-0.15, -0.1) is 11.8 Å². The Morgan fingerprint density at radius 2 is 1.44 bits per heavy atom. The van der Waals surface area contributed by atoms with Gasteiger partial charge in [-0.2, -0.15) is 0 Å². The molecule has 0 saturated carbocycles. The van der Waals surface area contributed by atoms with Crippen LogP contribution >= 0.6 is 11.8 Å². The Balaban J connectivity index is 1.22. The Bertz CT molecular complexity index is 1840. The van der Waals surface area contributed by atoms with Crippen molar-refractivity contribution < 1.29 is 29.3 Å². The van der Waals surface area contributed by atoms with Crippen LogP contribution in [0.3, 0.4) is 0 Å². The van der Waals surface area contributed by atoms with E-state index in [1.165, 1.54) is 11.8 Å². The van der Waals surface area contributed by atoms with E-state index < -0.39 is 12.3 Å². The molecule has 0 spiro atoms. The number of ether oxygens (including phenoxy) is 2. The molecule has 0 aromatic heterocycles. The number of carboxylic acids is 1. The molecule has 4 atom stereocenters. The molecule has 5 aromatic rings. The molecule has 1 aliphatic rings. The highest BCUT2D eigenvalue weighted by atomic mass is 32.2. The normalized spacial score (nSPS) is 19.0. The minimum Gasteiger partial charge on any atom is -0.478 e. The van der Waals surface area contributed by atoms with Crippen LogP contribution in [0.25, 0.3) is 11.1 Å². The lowest BCUT2D eigenvalue weighted by Gasteiger charge is -2.41. The highest BCUT2D eigenvalue weighted by Gasteiger charge is 2.38. The zero-order valence-corrected chi connectivity index (χ0v) is 27.3. The third-order valence-corrected chi connectivity index (χ3v) is 9.79. The van der Waals surface area contributed by atoms with Gasteiger partial charge in [-0.1, -0.05) is 110 Å². The number of aromatic carboxylic acids is 1. The van der Waals surface area contributed by atoms with Crippen LogP contribution in [0.2, 0.25) is 0 Å². The van der Waals surface area contributed by atoms with Crippen molar-refractivity contribution in [1.82, 2.24) is 5.32 Å². The number of nitrogens with one attached hydrogen (secondary N) is 1. The second-order valence-electron chi connectivity index (χ2n) is 11.8. The number of thioether (sulfide) groups is 1. The highest BCUT2D eigenvalue weighted by molar-refractivity contribution is 7.99. The number of hydrogen-bond acceptors (Lipinski definition) is 6. The molecule has 7 nitrogen and oxygen atoms in total. The Morgan fingerprint density at radius 3 is 2.17 bits per heavy atom. The summed E-state index contributed by atoms with van der Waals surface area (Å²) in [5, 5.41) is 22.3. The molecule has 3 N–H and O–H groups in total. The second-order valence-corrected chi connectivity index (χ2v) is 12.8. The maximum atomic E-state index is 12.7. The first kappa shape index (κ1) is 33.2. The van der Waals surface area contributed by atoms with Crippen LogP contribution in [0.15, 0.2) is 132 Å². The van der Waals surface area contributed by atoms with Crippen molar-refractivity contribution in [2.75, 3.05) is 5.75 Å². The van der Waals surface area contributed by atoms with Gasteiger partial charge in [-0.3, -0.25) is 4.79 Å². The van der Waals surface area contributed by atoms with Crippen LogP contribution < -0.4 is 5.32 Å². The average Bonchev–Trinajstić information content (AvgIpc) is 3.14. The van der Waals surface area contributed by atoms with E-state index in [-0.39, 0.29) is 36.2 Å². The number of carboxylic acid groups (broad SMARTS) is 1. The van der Waals surface area contributed by atoms with Crippen molar-refractivity contribution in [3.63, 3.8) is 0 Å². The molecule has 0 bridgehead atoms. The van der Waals surface area contributed by atoms with E-state index in [9.17, 15) is 19.8 Å². The van der Waals surface area contributed by atoms with Crippen molar-refractivity contribution >= 4 is 23.6 Å². The molecule has 8 heteroatoms. The maximum Gasteiger partial charge on any atom is 0.336 e. The fraction of sp³-hybridized carbons (Fsp3) is 0.200. The van der Waals surface area contributed by atoms with Crippen molar-refractivity contribution in [3.05, 3.63) is 161 Å². The van der Waals surface area contributed by atoms with Gasteiger partial charge in [0.25, 0.3) is 5.91 Å². The van der Waals surface area contributed by atoms with E-state index in [1.807, 2.05) is 103 Å². The lowest BCUT2D eigenvalue weighted by atomic mass is 9.91.